The lowest BCUT2D eigenvalue weighted by atomic mass is 10.3. The standard InChI is InChI=1S/C12H20BrN3S/c1-3-5-6-15-12(14-4-2)16-8-11-7-10(13)9-17-11/h7,9H,3-6,8H2,1-2H3,(H2,14,15,16). The molecule has 0 aliphatic carbocycles. The van der Waals surface area contributed by atoms with Crippen molar-refractivity contribution >= 4 is 33.2 Å². The molecule has 0 bridgehead atoms. The van der Waals surface area contributed by atoms with Gasteiger partial charge in [-0.05, 0) is 35.3 Å². The van der Waals surface area contributed by atoms with Crippen LogP contribution in [0.25, 0.3) is 0 Å². The molecular weight excluding hydrogens is 298 g/mol. The SMILES string of the molecule is CCCCNC(=NCc1cc(Br)cs1)NCC. The fourth-order valence-corrected chi connectivity index (χ4v) is 2.69. The summed E-state index contributed by atoms with van der Waals surface area (Å²) in [5, 5.41) is 8.67. The van der Waals surface area contributed by atoms with Crippen LogP contribution in [-0.2, 0) is 6.54 Å². The number of rotatable bonds is 6. The minimum Gasteiger partial charge on any atom is -0.357 e. The fraction of sp³-hybridized carbons (Fsp3) is 0.583. The first kappa shape index (κ1) is 14.5. The number of nitrogens with zero attached hydrogens (tertiary/aromatic N) is 1. The predicted octanol–water partition coefficient (Wildman–Crippen LogP) is 3.37. The second-order valence-corrected chi connectivity index (χ2v) is 5.62. The van der Waals surface area contributed by atoms with Crippen molar-refractivity contribution in [2.24, 2.45) is 4.99 Å². The summed E-state index contributed by atoms with van der Waals surface area (Å²) < 4.78 is 1.14. The molecule has 0 saturated heterocycles. The maximum atomic E-state index is 4.55. The van der Waals surface area contributed by atoms with Crippen molar-refractivity contribution in [1.29, 1.82) is 0 Å². The zero-order valence-electron chi connectivity index (χ0n) is 10.4. The average molecular weight is 318 g/mol. The molecule has 17 heavy (non-hydrogen) atoms. The zero-order valence-corrected chi connectivity index (χ0v) is 12.8. The van der Waals surface area contributed by atoms with Crippen LogP contribution in [0.4, 0.5) is 0 Å². The van der Waals surface area contributed by atoms with Gasteiger partial charge in [0.1, 0.15) is 0 Å². The minimum absolute atomic E-state index is 0.734. The van der Waals surface area contributed by atoms with E-state index in [1.54, 1.807) is 11.3 Å². The van der Waals surface area contributed by atoms with Crippen LogP contribution in [0.1, 0.15) is 31.6 Å². The van der Waals surface area contributed by atoms with E-state index in [1.165, 1.54) is 17.7 Å². The number of thiophene rings is 1. The predicted molar refractivity (Wildman–Crippen MR) is 79.7 cm³/mol. The van der Waals surface area contributed by atoms with E-state index in [0.29, 0.717) is 0 Å². The summed E-state index contributed by atoms with van der Waals surface area (Å²) in [6.07, 6.45) is 2.37. The van der Waals surface area contributed by atoms with Gasteiger partial charge >= 0.3 is 0 Å². The molecule has 1 rings (SSSR count). The van der Waals surface area contributed by atoms with Crippen molar-refractivity contribution in [3.8, 4) is 0 Å². The second kappa shape index (κ2) is 8.53. The van der Waals surface area contributed by atoms with Crippen LogP contribution in [-0.4, -0.2) is 19.0 Å². The molecule has 0 atom stereocenters. The lowest BCUT2D eigenvalue weighted by Gasteiger charge is -2.10. The highest BCUT2D eigenvalue weighted by Gasteiger charge is 1.99. The van der Waals surface area contributed by atoms with Gasteiger partial charge in [-0.2, -0.15) is 0 Å². The Labute approximate surface area is 116 Å². The molecule has 1 heterocycles. The highest BCUT2D eigenvalue weighted by atomic mass is 79.9. The molecule has 0 aliphatic heterocycles. The Hall–Kier alpha value is -0.550. The Kier molecular flexibility index (Phi) is 7.28. The average Bonchev–Trinajstić information content (AvgIpc) is 2.72. The van der Waals surface area contributed by atoms with Gasteiger partial charge < -0.3 is 10.6 Å². The van der Waals surface area contributed by atoms with Crippen LogP contribution in [0.15, 0.2) is 20.9 Å². The van der Waals surface area contributed by atoms with E-state index in [0.717, 1.165) is 30.1 Å². The summed E-state index contributed by atoms with van der Waals surface area (Å²) in [5.74, 6) is 0.908. The molecule has 0 fully saturated rings. The van der Waals surface area contributed by atoms with Crippen LogP contribution in [0.5, 0.6) is 0 Å². The van der Waals surface area contributed by atoms with E-state index in [4.69, 9.17) is 0 Å². The largest absolute Gasteiger partial charge is 0.357 e. The van der Waals surface area contributed by atoms with Crippen molar-refractivity contribution in [1.82, 2.24) is 10.6 Å². The van der Waals surface area contributed by atoms with Gasteiger partial charge in [0.15, 0.2) is 5.96 Å². The number of aliphatic imine (C=N–C) groups is 1. The Morgan fingerprint density at radius 1 is 1.41 bits per heavy atom. The number of halogens is 1. The van der Waals surface area contributed by atoms with Gasteiger partial charge in [-0.25, -0.2) is 4.99 Å². The van der Waals surface area contributed by atoms with Crippen molar-refractivity contribution in [2.45, 2.75) is 33.2 Å². The summed E-state index contributed by atoms with van der Waals surface area (Å²) in [6, 6.07) is 2.11. The molecule has 0 unspecified atom stereocenters. The van der Waals surface area contributed by atoms with Gasteiger partial charge in [0.2, 0.25) is 0 Å². The van der Waals surface area contributed by atoms with Gasteiger partial charge in [0.25, 0.3) is 0 Å². The highest BCUT2D eigenvalue weighted by Crippen LogP contribution is 2.20. The second-order valence-electron chi connectivity index (χ2n) is 3.71. The number of guanidine groups is 1. The highest BCUT2D eigenvalue weighted by molar-refractivity contribution is 9.10. The first-order valence-corrected chi connectivity index (χ1v) is 7.68. The Morgan fingerprint density at radius 2 is 2.24 bits per heavy atom. The van der Waals surface area contributed by atoms with Gasteiger partial charge in [-0.3, -0.25) is 0 Å². The summed E-state index contributed by atoms with van der Waals surface area (Å²) >= 11 is 5.18. The van der Waals surface area contributed by atoms with E-state index < -0.39 is 0 Å². The third-order valence-corrected chi connectivity index (χ3v) is 3.86. The Balaban J connectivity index is 2.44. The van der Waals surface area contributed by atoms with Gasteiger partial charge in [-0.1, -0.05) is 13.3 Å². The minimum atomic E-state index is 0.734. The van der Waals surface area contributed by atoms with Crippen LogP contribution < -0.4 is 10.6 Å². The smallest absolute Gasteiger partial charge is 0.191 e. The van der Waals surface area contributed by atoms with E-state index in [-0.39, 0.29) is 0 Å². The molecule has 3 nitrogen and oxygen atoms in total. The van der Waals surface area contributed by atoms with Crippen LogP contribution >= 0.6 is 27.3 Å². The van der Waals surface area contributed by atoms with E-state index in [2.05, 4.69) is 56.8 Å². The normalized spacial score (nSPS) is 11.6. The maximum Gasteiger partial charge on any atom is 0.191 e. The van der Waals surface area contributed by atoms with Gasteiger partial charge in [0.05, 0.1) is 6.54 Å². The van der Waals surface area contributed by atoms with E-state index in [1.807, 2.05) is 0 Å². The molecule has 1 aromatic rings. The van der Waals surface area contributed by atoms with Crippen LogP contribution in [0.3, 0.4) is 0 Å². The maximum absolute atomic E-state index is 4.55. The molecule has 2 N–H and O–H groups in total. The van der Waals surface area contributed by atoms with Crippen molar-refractivity contribution in [3.63, 3.8) is 0 Å². The number of hydrogen-bond donors (Lipinski definition) is 2. The third kappa shape index (κ3) is 6.07. The summed E-state index contributed by atoms with van der Waals surface area (Å²) in [7, 11) is 0. The number of nitrogens with one attached hydrogen (secondary N) is 2. The Morgan fingerprint density at radius 3 is 2.82 bits per heavy atom. The summed E-state index contributed by atoms with van der Waals surface area (Å²) in [5.41, 5.74) is 0. The lowest BCUT2D eigenvalue weighted by Crippen LogP contribution is -2.37. The quantitative estimate of drug-likeness (QED) is 0.479. The molecule has 0 aliphatic rings. The number of hydrogen-bond acceptors (Lipinski definition) is 2. The van der Waals surface area contributed by atoms with Crippen LogP contribution in [0, 0.1) is 0 Å². The van der Waals surface area contributed by atoms with Crippen LogP contribution in [0.2, 0.25) is 0 Å². The first-order chi connectivity index (χ1) is 8.26. The molecule has 0 radical (unpaired) electrons. The Bertz CT molecular complexity index is 349. The fourth-order valence-electron chi connectivity index (χ4n) is 1.32. The third-order valence-electron chi connectivity index (χ3n) is 2.18. The molecule has 0 amide bonds. The monoisotopic (exact) mass is 317 g/mol. The topological polar surface area (TPSA) is 36.4 Å². The molecular formula is C12H20BrN3S. The zero-order chi connectivity index (χ0) is 12.5. The summed E-state index contributed by atoms with van der Waals surface area (Å²) in [6.45, 7) is 6.88. The molecule has 0 spiro atoms. The van der Waals surface area contributed by atoms with Gasteiger partial charge in [0, 0.05) is 27.8 Å². The molecule has 96 valence electrons. The number of unbranched alkanes of at least 4 members (excludes halogenated alkanes) is 1. The van der Waals surface area contributed by atoms with Crippen molar-refractivity contribution < 1.29 is 0 Å². The van der Waals surface area contributed by atoms with E-state index >= 15 is 0 Å². The molecule has 0 saturated carbocycles. The molecule has 0 aromatic carbocycles. The first-order valence-electron chi connectivity index (χ1n) is 6.01. The molecule has 5 heteroatoms. The lowest BCUT2D eigenvalue weighted by molar-refractivity contribution is 0.730. The van der Waals surface area contributed by atoms with Gasteiger partial charge in [-0.15, -0.1) is 11.3 Å². The van der Waals surface area contributed by atoms with Crippen molar-refractivity contribution in [3.05, 3.63) is 20.8 Å². The van der Waals surface area contributed by atoms with Crippen molar-refractivity contribution in [2.75, 3.05) is 13.1 Å². The summed E-state index contributed by atoms with van der Waals surface area (Å²) in [4.78, 5) is 5.82. The van der Waals surface area contributed by atoms with E-state index in [9.17, 15) is 0 Å². The molecule has 1 aromatic heterocycles.